The molecule has 6 nitrogen and oxygen atoms in total. The van der Waals surface area contributed by atoms with Crippen LogP contribution >= 0.6 is 0 Å². The fourth-order valence-electron chi connectivity index (χ4n) is 1.63. The molecular weight excluding hydrogens is 220 g/mol. The minimum atomic E-state index is -0.406. The molecule has 0 unspecified atom stereocenters. The fraction of sp³-hybridized carbons (Fsp3) is 0.182. The van der Waals surface area contributed by atoms with E-state index in [1.165, 1.54) is 12.1 Å². The van der Waals surface area contributed by atoms with Gasteiger partial charge in [0.25, 0.3) is 5.69 Å². The van der Waals surface area contributed by atoms with Crippen molar-refractivity contribution in [1.29, 1.82) is 0 Å². The van der Waals surface area contributed by atoms with Gasteiger partial charge in [-0.15, -0.1) is 0 Å². The normalized spacial score (nSPS) is 10.2. The van der Waals surface area contributed by atoms with E-state index in [1.807, 2.05) is 13.0 Å². The number of aryl methyl sites for hydroxylation is 1. The van der Waals surface area contributed by atoms with Gasteiger partial charge in [-0.05, 0) is 13.0 Å². The number of non-ortho nitro benzene ring substituents is 1. The second-order valence-electron chi connectivity index (χ2n) is 3.59. The molecular formula is C11H12N4O2. The predicted molar refractivity (Wildman–Crippen MR) is 64.5 cm³/mol. The van der Waals surface area contributed by atoms with Gasteiger partial charge in [-0.3, -0.25) is 10.1 Å². The van der Waals surface area contributed by atoms with Gasteiger partial charge in [-0.2, -0.15) is 0 Å². The third-order valence-corrected chi connectivity index (χ3v) is 2.51. The number of nitro groups is 1. The predicted octanol–water partition coefficient (Wildman–Crippen LogP) is 2.13. The van der Waals surface area contributed by atoms with Crippen molar-refractivity contribution in [2.24, 2.45) is 0 Å². The second-order valence-corrected chi connectivity index (χ2v) is 3.59. The van der Waals surface area contributed by atoms with Gasteiger partial charge < -0.3 is 9.88 Å². The highest BCUT2D eigenvalue weighted by atomic mass is 16.6. The summed E-state index contributed by atoms with van der Waals surface area (Å²) in [4.78, 5) is 14.5. The largest absolute Gasteiger partial charge is 0.388 e. The number of hydrogen-bond acceptors (Lipinski definition) is 4. The molecule has 17 heavy (non-hydrogen) atoms. The van der Waals surface area contributed by atoms with E-state index in [0.717, 1.165) is 11.5 Å². The summed E-state index contributed by atoms with van der Waals surface area (Å²) in [6.07, 6.45) is 3.43. The molecule has 0 aliphatic rings. The van der Waals surface area contributed by atoms with Gasteiger partial charge in [0.2, 0.25) is 0 Å². The van der Waals surface area contributed by atoms with Crippen LogP contribution in [0.5, 0.6) is 0 Å². The molecule has 0 radical (unpaired) electrons. The average molecular weight is 232 g/mol. The minimum Gasteiger partial charge on any atom is -0.388 e. The Morgan fingerprint density at radius 1 is 1.41 bits per heavy atom. The quantitative estimate of drug-likeness (QED) is 0.649. The van der Waals surface area contributed by atoms with Crippen LogP contribution in [0.25, 0.3) is 5.69 Å². The van der Waals surface area contributed by atoms with E-state index in [-0.39, 0.29) is 5.69 Å². The lowest BCUT2D eigenvalue weighted by molar-refractivity contribution is -0.384. The van der Waals surface area contributed by atoms with E-state index >= 15 is 0 Å². The molecule has 0 aliphatic carbocycles. The summed E-state index contributed by atoms with van der Waals surface area (Å²) in [5, 5.41) is 13.7. The topological polar surface area (TPSA) is 73.0 Å². The first-order valence-electron chi connectivity index (χ1n) is 5.09. The standard InChI is InChI=1S/C11H12N4O2/c1-8-13-3-4-14(8)10-5-9(12-2)6-11(7-10)15(16)17/h3-7,12H,1-2H3. The van der Waals surface area contributed by atoms with Crippen LogP contribution in [0, 0.1) is 17.0 Å². The van der Waals surface area contributed by atoms with E-state index in [1.54, 1.807) is 24.0 Å². The van der Waals surface area contributed by atoms with Crippen LogP contribution in [0.15, 0.2) is 30.6 Å². The summed E-state index contributed by atoms with van der Waals surface area (Å²) >= 11 is 0. The molecule has 0 amide bonds. The van der Waals surface area contributed by atoms with Crippen LogP contribution in [0.4, 0.5) is 11.4 Å². The van der Waals surface area contributed by atoms with Gasteiger partial charge in [-0.1, -0.05) is 0 Å². The molecule has 1 N–H and O–H groups in total. The molecule has 2 aromatic rings. The van der Waals surface area contributed by atoms with E-state index in [9.17, 15) is 10.1 Å². The van der Waals surface area contributed by atoms with Gasteiger partial charge in [0.15, 0.2) is 0 Å². The van der Waals surface area contributed by atoms with Gasteiger partial charge >= 0.3 is 0 Å². The van der Waals surface area contributed by atoms with Crippen LogP contribution in [-0.2, 0) is 0 Å². The molecule has 0 bridgehead atoms. The van der Waals surface area contributed by atoms with Gasteiger partial charge in [0, 0.05) is 37.3 Å². The highest BCUT2D eigenvalue weighted by Gasteiger charge is 2.11. The van der Waals surface area contributed by atoms with Crippen molar-refractivity contribution in [1.82, 2.24) is 9.55 Å². The van der Waals surface area contributed by atoms with E-state index < -0.39 is 4.92 Å². The zero-order valence-corrected chi connectivity index (χ0v) is 9.54. The maximum Gasteiger partial charge on any atom is 0.273 e. The lowest BCUT2D eigenvalue weighted by Crippen LogP contribution is -1.99. The van der Waals surface area contributed by atoms with Crippen LogP contribution in [0.2, 0.25) is 0 Å². The Hall–Kier alpha value is -2.37. The molecule has 88 valence electrons. The fourth-order valence-corrected chi connectivity index (χ4v) is 1.63. The number of rotatable bonds is 3. The van der Waals surface area contributed by atoms with Crippen molar-refractivity contribution in [3.63, 3.8) is 0 Å². The summed E-state index contributed by atoms with van der Waals surface area (Å²) in [6.45, 7) is 1.85. The van der Waals surface area contributed by atoms with Gasteiger partial charge in [-0.25, -0.2) is 4.98 Å². The Labute approximate surface area is 98.1 Å². The van der Waals surface area contributed by atoms with E-state index in [4.69, 9.17) is 0 Å². The lowest BCUT2D eigenvalue weighted by Gasteiger charge is -2.07. The Balaban J connectivity index is 2.58. The number of nitrogens with zero attached hydrogens (tertiary/aromatic N) is 3. The Kier molecular flexibility index (Phi) is 2.78. The average Bonchev–Trinajstić information content (AvgIpc) is 2.74. The van der Waals surface area contributed by atoms with Gasteiger partial charge in [0.05, 0.1) is 10.6 Å². The van der Waals surface area contributed by atoms with Crippen LogP contribution < -0.4 is 5.32 Å². The maximum atomic E-state index is 10.8. The monoisotopic (exact) mass is 232 g/mol. The SMILES string of the molecule is CNc1cc(-n2ccnc2C)cc([N+](=O)[O-])c1. The zero-order chi connectivity index (χ0) is 12.4. The molecule has 0 atom stereocenters. The highest BCUT2D eigenvalue weighted by Crippen LogP contribution is 2.23. The van der Waals surface area contributed by atoms with Crippen molar-refractivity contribution in [3.05, 3.63) is 46.5 Å². The lowest BCUT2D eigenvalue weighted by atomic mass is 10.2. The van der Waals surface area contributed by atoms with Crippen molar-refractivity contribution in [3.8, 4) is 5.69 Å². The molecule has 0 aliphatic heterocycles. The first-order chi connectivity index (χ1) is 8.11. The third-order valence-electron chi connectivity index (χ3n) is 2.51. The van der Waals surface area contributed by atoms with E-state index in [0.29, 0.717) is 5.69 Å². The molecule has 0 saturated heterocycles. The summed E-state index contributed by atoms with van der Waals surface area (Å²) in [6, 6.07) is 4.85. The number of nitrogens with one attached hydrogen (secondary N) is 1. The van der Waals surface area contributed by atoms with Crippen LogP contribution in [-0.4, -0.2) is 21.5 Å². The van der Waals surface area contributed by atoms with Crippen LogP contribution in [0.3, 0.4) is 0 Å². The molecule has 1 aromatic heterocycles. The summed E-state index contributed by atoms with van der Waals surface area (Å²) < 4.78 is 1.80. The smallest absolute Gasteiger partial charge is 0.273 e. The maximum absolute atomic E-state index is 10.8. The number of imidazole rings is 1. The molecule has 6 heteroatoms. The summed E-state index contributed by atoms with van der Waals surface area (Å²) in [5.74, 6) is 0.785. The molecule has 1 heterocycles. The summed E-state index contributed by atoms with van der Waals surface area (Å²) in [7, 11) is 1.73. The van der Waals surface area contributed by atoms with E-state index in [2.05, 4.69) is 10.3 Å². The number of hydrogen-bond donors (Lipinski definition) is 1. The second kappa shape index (κ2) is 4.25. The molecule has 1 aromatic carbocycles. The Morgan fingerprint density at radius 3 is 2.71 bits per heavy atom. The number of aromatic nitrogens is 2. The molecule has 0 spiro atoms. The van der Waals surface area contributed by atoms with Crippen molar-refractivity contribution >= 4 is 11.4 Å². The van der Waals surface area contributed by atoms with Crippen LogP contribution in [0.1, 0.15) is 5.82 Å². The first kappa shape index (κ1) is 11.1. The number of benzene rings is 1. The third kappa shape index (κ3) is 2.10. The Morgan fingerprint density at radius 2 is 2.18 bits per heavy atom. The van der Waals surface area contributed by atoms with Crippen molar-refractivity contribution in [2.75, 3.05) is 12.4 Å². The van der Waals surface area contributed by atoms with Gasteiger partial charge in [0.1, 0.15) is 5.82 Å². The zero-order valence-electron chi connectivity index (χ0n) is 9.54. The summed E-state index contributed by atoms with van der Waals surface area (Å²) in [5.41, 5.74) is 1.47. The molecule has 0 fully saturated rings. The van der Waals surface area contributed by atoms with Crippen molar-refractivity contribution in [2.45, 2.75) is 6.92 Å². The first-order valence-corrected chi connectivity index (χ1v) is 5.09. The van der Waals surface area contributed by atoms with Crippen molar-refractivity contribution < 1.29 is 4.92 Å². The Bertz CT molecular complexity index is 562. The number of anilines is 1. The molecule has 0 saturated carbocycles. The minimum absolute atomic E-state index is 0.0555. The highest BCUT2D eigenvalue weighted by molar-refractivity contribution is 5.58. The number of nitro benzene ring substituents is 1. The molecule has 2 rings (SSSR count).